The van der Waals surface area contributed by atoms with Gasteiger partial charge in [0.2, 0.25) is 0 Å². The number of likely N-dealkylation sites (tertiary alicyclic amines) is 1. The zero-order valence-corrected chi connectivity index (χ0v) is 14.1. The lowest BCUT2D eigenvalue weighted by molar-refractivity contribution is 0.0536. The quantitative estimate of drug-likeness (QED) is 0.835. The van der Waals surface area contributed by atoms with Crippen LogP contribution in [0.2, 0.25) is 0 Å². The molecule has 20 heavy (non-hydrogen) atoms. The second-order valence-corrected chi connectivity index (χ2v) is 7.16. The Bertz CT molecular complexity index is 286. The summed E-state index contributed by atoms with van der Waals surface area (Å²) in [6.07, 6.45) is 5.31. The van der Waals surface area contributed by atoms with Crippen molar-refractivity contribution in [2.24, 2.45) is 5.92 Å². The highest BCUT2D eigenvalue weighted by Gasteiger charge is 2.35. The number of hydrogen-bond donors (Lipinski definition) is 1. The molecule has 2 saturated heterocycles. The molecule has 3 heteroatoms. The molecule has 2 unspecified atom stereocenters. The molecule has 118 valence electrons. The molecule has 3 nitrogen and oxygen atoms in total. The molecule has 0 aromatic heterocycles. The minimum absolute atomic E-state index is 0.329. The molecule has 0 amide bonds. The van der Waals surface area contributed by atoms with Crippen molar-refractivity contribution >= 4 is 0 Å². The molecule has 2 aliphatic heterocycles. The van der Waals surface area contributed by atoms with E-state index in [1.165, 1.54) is 65.0 Å². The SMILES string of the molecule is CCC1CNC(C)(CC)CN1CC1CCN(CC)CC1. The Morgan fingerprint density at radius 2 is 1.85 bits per heavy atom. The van der Waals surface area contributed by atoms with Gasteiger partial charge in [0.25, 0.3) is 0 Å². The molecule has 0 radical (unpaired) electrons. The third kappa shape index (κ3) is 3.96. The molecule has 0 aromatic rings. The Balaban J connectivity index is 1.88. The van der Waals surface area contributed by atoms with Gasteiger partial charge in [0.05, 0.1) is 0 Å². The summed E-state index contributed by atoms with van der Waals surface area (Å²) in [6.45, 7) is 16.9. The Morgan fingerprint density at radius 1 is 1.15 bits per heavy atom. The maximum Gasteiger partial charge on any atom is 0.0278 e. The third-order valence-corrected chi connectivity index (χ3v) is 5.73. The maximum absolute atomic E-state index is 3.78. The fraction of sp³-hybridized carbons (Fsp3) is 1.00. The zero-order valence-electron chi connectivity index (χ0n) is 14.1. The molecule has 1 N–H and O–H groups in total. The first-order valence-corrected chi connectivity index (χ1v) is 8.81. The highest BCUT2D eigenvalue weighted by molar-refractivity contribution is 4.94. The van der Waals surface area contributed by atoms with Gasteiger partial charge in [0.1, 0.15) is 0 Å². The van der Waals surface area contributed by atoms with Crippen LogP contribution in [0.5, 0.6) is 0 Å². The summed E-state index contributed by atoms with van der Waals surface area (Å²) < 4.78 is 0. The summed E-state index contributed by atoms with van der Waals surface area (Å²) in [5, 5.41) is 3.78. The lowest BCUT2D eigenvalue weighted by Gasteiger charge is -2.47. The molecule has 0 saturated carbocycles. The monoisotopic (exact) mass is 281 g/mol. The third-order valence-electron chi connectivity index (χ3n) is 5.73. The summed E-state index contributed by atoms with van der Waals surface area (Å²) in [7, 11) is 0. The second kappa shape index (κ2) is 7.24. The number of nitrogens with one attached hydrogen (secondary N) is 1. The van der Waals surface area contributed by atoms with Gasteiger partial charge >= 0.3 is 0 Å². The minimum atomic E-state index is 0.329. The highest BCUT2D eigenvalue weighted by atomic mass is 15.3. The van der Waals surface area contributed by atoms with Crippen LogP contribution < -0.4 is 5.32 Å². The van der Waals surface area contributed by atoms with Crippen LogP contribution in [-0.4, -0.2) is 60.6 Å². The molecular formula is C17H35N3. The van der Waals surface area contributed by atoms with E-state index in [1.807, 2.05) is 0 Å². The maximum atomic E-state index is 3.78. The van der Waals surface area contributed by atoms with E-state index in [0.717, 1.165) is 12.0 Å². The molecule has 2 atom stereocenters. The zero-order chi connectivity index (χ0) is 14.6. The molecule has 2 aliphatic rings. The van der Waals surface area contributed by atoms with Crippen LogP contribution in [-0.2, 0) is 0 Å². The van der Waals surface area contributed by atoms with Gasteiger partial charge in [-0.3, -0.25) is 4.90 Å². The molecule has 0 aromatic carbocycles. The lowest BCUT2D eigenvalue weighted by atomic mass is 9.90. The van der Waals surface area contributed by atoms with E-state index in [4.69, 9.17) is 0 Å². The number of piperazine rings is 1. The molecule has 2 fully saturated rings. The average Bonchev–Trinajstić information content (AvgIpc) is 2.48. The first-order chi connectivity index (χ1) is 9.60. The van der Waals surface area contributed by atoms with Crippen LogP contribution in [0, 0.1) is 5.92 Å². The van der Waals surface area contributed by atoms with E-state index in [1.54, 1.807) is 0 Å². The van der Waals surface area contributed by atoms with E-state index in [0.29, 0.717) is 5.54 Å². The van der Waals surface area contributed by atoms with Crippen LogP contribution in [0.3, 0.4) is 0 Å². The van der Waals surface area contributed by atoms with Gasteiger partial charge < -0.3 is 10.2 Å². The summed E-state index contributed by atoms with van der Waals surface area (Å²) in [5.41, 5.74) is 0.329. The van der Waals surface area contributed by atoms with E-state index < -0.39 is 0 Å². The van der Waals surface area contributed by atoms with Crippen molar-refractivity contribution < 1.29 is 0 Å². The molecule has 0 bridgehead atoms. The van der Waals surface area contributed by atoms with E-state index in [2.05, 4.69) is 42.8 Å². The van der Waals surface area contributed by atoms with Gasteiger partial charge in [-0.1, -0.05) is 20.8 Å². The van der Waals surface area contributed by atoms with E-state index in [9.17, 15) is 0 Å². The second-order valence-electron chi connectivity index (χ2n) is 7.16. The molecule has 0 aliphatic carbocycles. The lowest BCUT2D eigenvalue weighted by Crippen LogP contribution is -2.63. The highest BCUT2D eigenvalue weighted by Crippen LogP contribution is 2.25. The van der Waals surface area contributed by atoms with Crippen molar-refractivity contribution in [3.05, 3.63) is 0 Å². The van der Waals surface area contributed by atoms with Gasteiger partial charge in [-0.05, 0) is 58.2 Å². The van der Waals surface area contributed by atoms with Gasteiger partial charge in [-0.2, -0.15) is 0 Å². The summed E-state index contributed by atoms with van der Waals surface area (Å²) in [5.74, 6) is 0.922. The largest absolute Gasteiger partial charge is 0.309 e. The van der Waals surface area contributed by atoms with Crippen molar-refractivity contribution in [3.63, 3.8) is 0 Å². The first-order valence-electron chi connectivity index (χ1n) is 8.81. The van der Waals surface area contributed by atoms with Crippen molar-refractivity contribution in [1.29, 1.82) is 0 Å². The van der Waals surface area contributed by atoms with Gasteiger partial charge in [-0.15, -0.1) is 0 Å². The molecule has 2 heterocycles. The predicted molar refractivity (Wildman–Crippen MR) is 87.2 cm³/mol. The van der Waals surface area contributed by atoms with Crippen LogP contribution in [0.4, 0.5) is 0 Å². The van der Waals surface area contributed by atoms with Crippen LogP contribution in [0.15, 0.2) is 0 Å². The smallest absolute Gasteiger partial charge is 0.0278 e. The number of hydrogen-bond acceptors (Lipinski definition) is 3. The summed E-state index contributed by atoms with van der Waals surface area (Å²) in [4.78, 5) is 5.40. The van der Waals surface area contributed by atoms with Crippen molar-refractivity contribution in [1.82, 2.24) is 15.1 Å². The topological polar surface area (TPSA) is 18.5 Å². The van der Waals surface area contributed by atoms with Crippen LogP contribution in [0.25, 0.3) is 0 Å². The summed E-state index contributed by atoms with van der Waals surface area (Å²) >= 11 is 0. The summed E-state index contributed by atoms with van der Waals surface area (Å²) in [6, 6.07) is 0.749. The molecular weight excluding hydrogens is 246 g/mol. The van der Waals surface area contributed by atoms with Crippen molar-refractivity contribution in [2.45, 2.75) is 65.0 Å². The predicted octanol–water partition coefficient (Wildman–Crippen LogP) is 2.57. The Morgan fingerprint density at radius 3 is 2.40 bits per heavy atom. The van der Waals surface area contributed by atoms with Gasteiger partial charge in [0.15, 0.2) is 0 Å². The number of nitrogens with zero attached hydrogens (tertiary/aromatic N) is 2. The minimum Gasteiger partial charge on any atom is -0.309 e. The Labute approximate surface area is 126 Å². The van der Waals surface area contributed by atoms with Gasteiger partial charge in [0, 0.05) is 31.2 Å². The van der Waals surface area contributed by atoms with Crippen molar-refractivity contribution in [3.8, 4) is 0 Å². The number of rotatable bonds is 5. The Kier molecular flexibility index (Phi) is 5.88. The van der Waals surface area contributed by atoms with E-state index in [-0.39, 0.29) is 0 Å². The van der Waals surface area contributed by atoms with Crippen molar-refractivity contribution in [2.75, 3.05) is 39.3 Å². The Hall–Kier alpha value is -0.120. The molecule has 2 rings (SSSR count). The normalized spacial score (nSPS) is 34.5. The fourth-order valence-corrected chi connectivity index (χ4v) is 3.80. The standard InChI is InChI=1S/C17H35N3/c1-5-16-12-18-17(4,6-2)14-20(16)13-15-8-10-19(7-3)11-9-15/h15-16,18H,5-14H2,1-4H3. The van der Waals surface area contributed by atoms with E-state index >= 15 is 0 Å². The number of piperidine rings is 1. The van der Waals surface area contributed by atoms with Crippen LogP contribution in [0.1, 0.15) is 53.4 Å². The van der Waals surface area contributed by atoms with Crippen LogP contribution >= 0.6 is 0 Å². The fourth-order valence-electron chi connectivity index (χ4n) is 3.80. The molecule has 0 spiro atoms. The first kappa shape index (κ1) is 16.3. The van der Waals surface area contributed by atoms with Gasteiger partial charge in [-0.25, -0.2) is 0 Å². The average molecular weight is 281 g/mol.